The molecule has 2 aromatic carbocycles. The van der Waals surface area contributed by atoms with Gasteiger partial charge in [-0.1, -0.05) is 6.07 Å². The van der Waals surface area contributed by atoms with Gasteiger partial charge in [0.2, 0.25) is 5.75 Å². The number of alkyl halides is 1. The number of nitrogens with zero attached hydrogens (tertiary/aromatic N) is 1. The molecule has 0 spiro atoms. The van der Waals surface area contributed by atoms with Crippen LogP contribution in [-0.4, -0.2) is 4.92 Å². The van der Waals surface area contributed by atoms with Crippen molar-refractivity contribution in [2.45, 2.75) is 5.88 Å². The summed E-state index contributed by atoms with van der Waals surface area (Å²) in [7, 11) is 0. The largest absolute Gasteiger partial charge is 0.449 e. The molecule has 0 bridgehead atoms. The van der Waals surface area contributed by atoms with Gasteiger partial charge >= 0.3 is 5.69 Å². The molecule has 4 nitrogen and oxygen atoms in total. The maximum Gasteiger partial charge on any atom is 0.312 e. The van der Waals surface area contributed by atoms with Gasteiger partial charge in [-0.05, 0) is 39.7 Å². The van der Waals surface area contributed by atoms with E-state index in [4.69, 9.17) is 16.3 Å². The first-order valence-corrected chi connectivity index (χ1v) is 6.80. The molecule has 0 aliphatic heterocycles. The van der Waals surface area contributed by atoms with Gasteiger partial charge in [-0.25, -0.2) is 4.39 Å². The summed E-state index contributed by atoms with van der Waals surface area (Å²) < 4.78 is 19.2. The third kappa shape index (κ3) is 3.26. The standard InChI is InChI=1S/C13H8BrClFNO3/c14-11-2-1-3-12(17(18)19)13(11)20-10-5-8(7-15)4-9(16)6-10/h1-6H,7H2. The number of para-hydroxylation sites is 1. The van der Waals surface area contributed by atoms with Crippen molar-refractivity contribution < 1.29 is 14.1 Å². The number of hydrogen-bond donors (Lipinski definition) is 0. The van der Waals surface area contributed by atoms with Crippen LogP contribution in [0.3, 0.4) is 0 Å². The number of rotatable bonds is 4. The first kappa shape index (κ1) is 14.7. The lowest BCUT2D eigenvalue weighted by atomic mass is 10.2. The fourth-order valence-electron chi connectivity index (χ4n) is 1.62. The van der Waals surface area contributed by atoms with Crippen LogP contribution in [0.5, 0.6) is 11.5 Å². The van der Waals surface area contributed by atoms with Gasteiger partial charge in [0.15, 0.2) is 0 Å². The zero-order chi connectivity index (χ0) is 14.7. The molecular weight excluding hydrogens is 353 g/mol. The first-order valence-electron chi connectivity index (χ1n) is 5.47. The van der Waals surface area contributed by atoms with Crippen molar-refractivity contribution in [1.29, 1.82) is 0 Å². The lowest BCUT2D eigenvalue weighted by molar-refractivity contribution is -0.385. The van der Waals surface area contributed by atoms with Crippen LogP contribution in [0.2, 0.25) is 0 Å². The van der Waals surface area contributed by atoms with E-state index in [1.54, 1.807) is 6.07 Å². The molecule has 0 N–H and O–H groups in total. The van der Waals surface area contributed by atoms with Gasteiger partial charge in [-0.2, -0.15) is 0 Å². The van der Waals surface area contributed by atoms with E-state index in [0.717, 1.165) is 6.07 Å². The van der Waals surface area contributed by atoms with Crippen LogP contribution in [0.25, 0.3) is 0 Å². The fraction of sp³-hybridized carbons (Fsp3) is 0.0769. The summed E-state index contributed by atoms with van der Waals surface area (Å²) >= 11 is 8.82. The Labute approximate surface area is 127 Å². The van der Waals surface area contributed by atoms with Crippen molar-refractivity contribution in [1.82, 2.24) is 0 Å². The van der Waals surface area contributed by atoms with Crippen molar-refractivity contribution in [2.24, 2.45) is 0 Å². The van der Waals surface area contributed by atoms with Crippen molar-refractivity contribution in [3.63, 3.8) is 0 Å². The second-order valence-electron chi connectivity index (χ2n) is 3.88. The van der Waals surface area contributed by atoms with Crippen molar-refractivity contribution in [3.8, 4) is 11.5 Å². The minimum atomic E-state index is -0.568. The Balaban J connectivity index is 2.44. The molecule has 0 atom stereocenters. The molecule has 0 amide bonds. The lowest BCUT2D eigenvalue weighted by Gasteiger charge is -2.09. The summed E-state index contributed by atoms with van der Waals surface area (Å²) in [6.45, 7) is 0. The van der Waals surface area contributed by atoms with Crippen LogP contribution >= 0.6 is 27.5 Å². The number of nitro benzene ring substituents is 1. The summed E-state index contributed by atoms with van der Waals surface area (Å²) in [6.07, 6.45) is 0. The van der Waals surface area contributed by atoms with E-state index in [-0.39, 0.29) is 23.1 Å². The van der Waals surface area contributed by atoms with Crippen molar-refractivity contribution in [3.05, 3.63) is 62.4 Å². The minimum Gasteiger partial charge on any atom is -0.449 e. The Bertz CT molecular complexity index is 666. The highest BCUT2D eigenvalue weighted by Gasteiger charge is 2.19. The van der Waals surface area contributed by atoms with E-state index in [0.29, 0.717) is 10.0 Å². The monoisotopic (exact) mass is 359 g/mol. The van der Waals surface area contributed by atoms with E-state index in [9.17, 15) is 14.5 Å². The van der Waals surface area contributed by atoms with Gasteiger partial charge in [-0.3, -0.25) is 10.1 Å². The molecule has 0 radical (unpaired) electrons. The Morgan fingerprint density at radius 2 is 2.10 bits per heavy atom. The highest BCUT2D eigenvalue weighted by molar-refractivity contribution is 9.10. The molecule has 0 unspecified atom stereocenters. The summed E-state index contributed by atoms with van der Waals surface area (Å²) in [5, 5.41) is 11.0. The van der Waals surface area contributed by atoms with E-state index < -0.39 is 10.7 Å². The van der Waals surface area contributed by atoms with Gasteiger partial charge < -0.3 is 4.74 Å². The molecule has 0 aromatic heterocycles. The first-order chi connectivity index (χ1) is 9.51. The Hall–Kier alpha value is -1.66. The van der Waals surface area contributed by atoms with Gasteiger partial charge in [0.1, 0.15) is 11.6 Å². The average Bonchev–Trinajstić information content (AvgIpc) is 2.40. The zero-order valence-corrected chi connectivity index (χ0v) is 12.3. The zero-order valence-electron chi connectivity index (χ0n) is 9.98. The molecule has 7 heteroatoms. The topological polar surface area (TPSA) is 52.4 Å². The Morgan fingerprint density at radius 3 is 2.75 bits per heavy atom. The molecular formula is C13H8BrClFNO3. The third-order valence-electron chi connectivity index (χ3n) is 2.45. The molecule has 2 aromatic rings. The number of hydrogen-bond acceptors (Lipinski definition) is 3. The molecule has 0 saturated heterocycles. The third-order valence-corrected chi connectivity index (χ3v) is 3.38. The van der Waals surface area contributed by atoms with Gasteiger partial charge in [0.25, 0.3) is 0 Å². The van der Waals surface area contributed by atoms with Gasteiger partial charge in [0.05, 0.1) is 9.40 Å². The molecule has 0 heterocycles. The van der Waals surface area contributed by atoms with Crippen LogP contribution in [0.15, 0.2) is 40.9 Å². The summed E-state index contributed by atoms with van der Waals surface area (Å²) in [5.74, 6) is -0.237. The molecule has 0 saturated carbocycles. The van der Waals surface area contributed by atoms with E-state index in [1.165, 1.54) is 24.3 Å². The minimum absolute atomic E-state index is 0.0172. The van der Waals surface area contributed by atoms with E-state index >= 15 is 0 Å². The smallest absolute Gasteiger partial charge is 0.312 e. The number of nitro groups is 1. The second-order valence-corrected chi connectivity index (χ2v) is 5.00. The van der Waals surface area contributed by atoms with Crippen LogP contribution < -0.4 is 4.74 Å². The molecule has 0 aliphatic rings. The van der Waals surface area contributed by atoms with Crippen molar-refractivity contribution >= 4 is 33.2 Å². The number of benzene rings is 2. The lowest BCUT2D eigenvalue weighted by Crippen LogP contribution is -1.95. The Kier molecular flexibility index (Phi) is 4.57. The molecule has 0 fully saturated rings. The maximum atomic E-state index is 13.4. The predicted octanol–water partition coefficient (Wildman–Crippen LogP) is 5.03. The summed E-state index contributed by atoms with van der Waals surface area (Å²) in [4.78, 5) is 10.4. The van der Waals surface area contributed by atoms with Crippen LogP contribution in [0.4, 0.5) is 10.1 Å². The normalized spacial score (nSPS) is 10.3. The predicted molar refractivity (Wildman–Crippen MR) is 76.8 cm³/mol. The molecule has 104 valence electrons. The summed E-state index contributed by atoms with van der Waals surface area (Å²) in [5.41, 5.74) is 0.312. The maximum absolute atomic E-state index is 13.4. The average molecular weight is 361 g/mol. The Morgan fingerprint density at radius 1 is 1.35 bits per heavy atom. The summed E-state index contributed by atoms with van der Waals surface area (Å²) in [6, 6.07) is 8.36. The SMILES string of the molecule is O=[N+]([O-])c1cccc(Br)c1Oc1cc(F)cc(CCl)c1. The molecule has 0 aliphatic carbocycles. The van der Waals surface area contributed by atoms with Gasteiger partial charge in [-0.15, -0.1) is 11.6 Å². The highest BCUT2D eigenvalue weighted by atomic mass is 79.9. The van der Waals surface area contributed by atoms with Crippen LogP contribution in [-0.2, 0) is 5.88 Å². The second kappa shape index (κ2) is 6.19. The van der Waals surface area contributed by atoms with Gasteiger partial charge in [0, 0.05) is 18.0 Å². The van der Waals surface area contributed by atoms with E-state index in [1.807, 2.05) is 0 Å². The fourth-order valence-corrected chi connectivity index (χ4v) is 2.21. The molecule has 2 rings (SSSR count). The quantitative estimate of drug-likeness (QED) is 0.436. The number of halogens is 3. The van der Waals surface area contributed by atoms with Crippen LogP contribution in [0.1, 0.15) is 5.56 Å². The van der Waals surface area contributed by atoms with Crippen LogP contribution in [0, 0.1) is 15.9 Å². The van der Waals surface area contributed by atoms with Crippen molar-refractivity contribution in [2.75, 3.05) is 0 Å². The molecule has 20 heavy (non-hydrogen) atoms. The number of ether oxygens (including phenoxy) is 1. The van der Waals surface area contributed by atoms with E-state index in [2.05, 4.69) is 15.9 Å². The highest BCUT2D eigenvalue weighted by Crippen LogP contribution is 2.38.